The Hall–Kier alpha value is -2.44. The maximum Gasteiger partial charge on any atom is 0.321 e. The zero-order valence-electron chi connectivity index (χ0n) is 14.7. The molecular formula is C19H25N3O3. The minimum Gasteiger partial charge on any atom is -0.480 e. The number of carbonyl (C=O) groups is 2. The van der Waals surface area contributed by atoms with Crippen LogP contribution in [-0.4, -0.2) is 55.1 Å². The third kappa shape index (κ3) is 6.17. The van der Waals surface area contributed by atoms with Gasteiger partial charge in [0.15, 0.2) is 0 Å². The fourth-order valence-corrected chi connectivity index (χ4v) is 2.58. The van der Waals surface area contributed by atoms with E-state index in [1.807, 2.05) is 61.5 Å². The Morgan fingerprint density at radius 3 is 2.52 bits per heavy atom. The molecule has 0 aliphatic heterocycles. The summed E-state index contributed by atoms with van der Waals surface area (Å²) in [5.74, 6) is -1.33. The molecule has 0 fully saturated rings. The Morgan fingerprint density at radius 2 is 1.84 bits per heavy atom. The van der Waals surface area contributed by atoms with Crippen molar-refractivity contribution in [2.45, 2.75) is 18.9 Å². The summed E-state index contributed by atoms with van der Waals surface area (Å²) in [6.07, 6.45) is 0.715. The highest BCUT2D eigenvalue weighted by Gasteiger charge is 2.20. The van der Waals surface area contributed by atoms with Crippen molar-refractivity contribution < 1.29 is 14.7 Å². The zero-order chi connectivity index (χ0) is 18.2. The highest BCUT2D eigenvalue weighted by molar-refractivity contribution is 5.96. The van der Waals surface area contributed by atoms with Crippen LogP contribution in [0.5, 0.6) is 0 Å². The minimum atomic E-state index is -1.02. The van der Waals surface area contributed by atoms with Gasteiger partial charge in [-0.1, -0.05) is 30.3 Å². The number of carbonyl (C=O) groups excluding carboxylic acids is 1. The average Bonchev–Trinajstić information content (AvgIpc) is 2.57. The number of fused-ring (bicyclic) bond motifs is 1. The monoisotopic (exact) mass is 343 g/mol. The van der Waals surface area contributed by atoms with Crippen molar-refractivity contribution in [3.63, 3.8) is 0 Å². The van der Waals surface area contributed by atoms with Crippen molar-refractivity contribution in [3.8, 4) is 0 Å². The lowest BCUT2D eigenvalue weighted by atomic mass is 10.1. The number of carboxylic acids is 1. The molecule has 6 heteroatoms. The molecule has 1 amide bonds. The van der Waals surface area contributed by atoms with Gasteiger partial charge in [-0.25, -0.2) is 0 Å². The van der Waals surface area contributed by atoms with Gasteiger partial charge in [-0.15, -0.1) is 0 Å². The number of hydrogen-bond acceptors (Lipinski definition) is 4. The summed E-state index contributed by atoms with van der Waals surface area (Å²) in [5, 5.41) is 17.1. The van der Waals surface area contributed by atoms with Crippen molar-refractivity contribution in [1.29, 1.82) is 0 Å². The highest BCUT2D eigenvalue weighted by atomic mass is 16.4. The molecule has 0 aromatic heterocycles. The van der Waals surface area contributed by atoms with Gasteiger partial charge in [0, 0.05) is 5.69 Å². The number of amides is 1. The number of aliphatic carboxylic acids is 1. The summed E-state index contributed by atoms with van der Waals surface area (Å²) < 4.78 is 0. The van der Waals surface area contributed by atoms with Crippen LogP contribution in [0.2, 0.25) is 0 Å². The lowest BCUT2D eigenvalue weighted by Gasteiger charge is -2.15. The Bertz CT molecular complexity index is 731. The van der Waals surface area contributed by atoms with E-state index in [1.165, 1.54) is 0 Å². The van der Waals surface area contributed by atoms with Gasteiger partial charge in [-0.05, 0) is 56.5 Å². The van der Waals surface area contributed by atoms with Crippen LogP contribution in [0.25, 0.3) is 10.8 Å². The molecule has 0 heterocycles. The molecule has 0 spiro atoms. The molecule has 3 N–H and O–H groups in total. The van der Waals surface area contributed by atoms with Crippen LogP contribution in [0.4, 0.5) is 5.69 Å². The van der Waals surface area contributed by atoms with Gasteiger partial charge in [0.25, 0.3) is 0 Å². The Morgan fingerprint density at radius 1 is 1.12 bits per heavy atom. The van der Waals surface area contributed by atoms with Gasteiger partial charge in [-0.2, -0.15) is 0 Å². The number of rotatable bonds is 9. The van der Waals surface area contributed by atoms with Crippen molar-refractivity contribution in [2.24, 2.45) is 0 Å². The topological polar surface area (TPSA) is 81.7 Å². The fourth-order valence-electron chi connectivity index (χ4n) is 2.58. The quantitative estimate of drug-likeness (QED) is 0.608. The van der Waals surface area contributed by atoms with Crippen molar-refractivity contribution in [2.75, 3.05) is 32.5 Å². The summed E-state index contributed by atoms with van der Waals surface area (Å²) in [6, 6.07) is 12.6. The molecule has 0 saturated carbocycles. The lowest BCUT2D eigenvalue weighted by Crippen LogP contribution is -2.40. The van der Waals surface area contributed by atoms with E-state index < -0.39 is 12.0 Å². The summed E-state index contributed by atoms with van der Waals surface area (Å²) in [6.45, 7) is 1.42. The molecule has 2 aromatic rings. The molecule has 0 saturated heterocycles. The zero-order valence-corrected chi connectivity index (χ0v) is 14.7. The number of benzene rings is 2. The molecular weight excluding hydrogens is 318 g/mol. The normalized spacial score (nSPS) is 12.3. The Balaban J connectivity index is 1.90. The van der Waals surface area contributed by atoms with Gasteiger partial charge in [0.1, 0.15) is 6.04 Å². The van der Waals surface area contributed by atoms with E-state index in [0.717, 1.165) is 23.7 Å². The third-order valence-corrected chi connectivity index (χ3v) is 3.89. The minimum absolute atomic E-state index is 0.107. The standard InChI is InChI=1S/C19H25N3O3/c1-22(2)11-5-10-20-17(19(24)25)13-18(23)21-16-9-8-14-6-3-4-7-15(14)12-16/h3-4,6-9,12,17,20H,5,10-11,13H2,1-2H3,(H,21,23)(H,24,25). The van der Waals surface area contributed by atoms with Crippen LogP contribution in [0.15, 0.2) is 42.5 Å². The summed E-state index contributed by atoms with van der Waals surface area (Å²) in [7, 11) is 3.93. The van der Waals surface area contributed by atoms with Crippen molar-refractivity contribution in [3.05, 3.63) is 42.5 Å². The Labute approximate surface area is 147 Å². The lowest BCUT2D eigenvalue weighted by molar-refractivity contribution is -0.141. The molecule has 2 rings (SSSR count). The van der Waals surface area contributed by atoms with Gasteiger partial charge in [-0.3, -0.25) is 9.59 Å². The largest absolute Gasteiger partial charge is 0.480 e. The van der Waals surface area contributed by atoms with Gasteiger partial charge < -0.3 is 20.6 Å². The second-order valence-corrected chi connectivity index (χ2v) is 6.32. The van der Waals surface area contributed by atoms with Gasteiger partial charge >= 0.3 is 5.97 Å². The number of nitrogens with one attached hydrogen (secondary N) is 2. The SMILES string of the molecule is CN(C)CCCNC(CC(=O)Nc1ccc2ccccc2c1)C(=O)O. The van der Waals surface area contributed by atoms with E-state index >= 15 is 0 Å². The first kappa shape index (κ1) is 18.9. The first-order valence-electron chi connectivity index (χ1n) is 8.35. The van der Waals surface area contributed by atoms with Crippen LogP contribution < -0.4 is 10.6 Å². The molecule has 0 radical (unpaired) electrons. The second kappa shape index (κ2) is 9.15. The molecule has 1 unspecified atom stereocenters. The summed E-state index contributed by atoms with van der Waals surface area (Å²) >= 11 is 0. The summed E-state index contributed by atoms with van der Waals surface area (Å²) in [4.78, 5) is 25.6. The molecule has 2 aromatic carbocycles. The van der Waals surface area contributed by atoms with Gasteiger partial charge in [0.05, 0.1) is 6.42 Å². The number of anilines is 1. The summed E-state index contributed by atoms with van der Waals surface area (Å²) in [5.41, 5.74) is 0.667. The van der Waals surface area contributed by atoms with E-state index in [4.69, 9.17) is 0 Å². The molecule has 0 aliphatic carbocycles. The van der Waals surface area contributed by atoms with Crippen LogP contribution in [0.3, 0.4) is 0 Å². The molecule has 6 nitrogen and oxygen atoms in total. The van der Waals surface area contributed by atoms with E-state index in [9.17, 15) is 14.7 Å². The smallest absolute Gasteiger partial charge is 0.321 e. The van der Waals surface area contributed by atoms with Gasteiger partial charge in [0.2, 0.25) is 5.91 Å². The third-order valence-electron chi connectivity index (χ3n) is 3.89. The molecule has 0 bridgehead atoms. The van der Waals surface area contributed by atoms with E-state index in [0.29, 0.717) is 12.2 Å². The van der Waals surface area contributed by atoms with E-state index in [2.05, 4.69) is 10.6 Å². The van der Waals surface area contributed by atoms with Crippen LogP contribution >= 0.6 is 0 Å². The number of hydrogen-bond donors (Lipinski definition) is 3. The first-order valence-corrected chi connectivity index (χ1v) is 8.35. The van der Waals surface area contributed by atoms with Crippen molar-refractivity contribution >= 4 is 28.3 Å². The van der Waals surface area contributed by atoms with E-state index in [-0.39, 0.29) is 12.3 Å². The average molecular weight is 343 g/mol. The number of nitrogens with zero attached hydrogens (tertiary/aromatic N) is 1. The van der Waals surface area contributed by atoms with Crippen LogP contribution in [0.1, 0.15) is 12.8 Å². The second-order valence-electron chi connectivity index (χ2n) is 6.32. The molecule has 25 heavy (non-hydrogen) atoms. The number of carboxylic acid groups (broad SMARTS) is 1. The molecule has 0 aliphatic rings. The molecule has 134 valence electrons. The Kier molecular flexibility index (Phi) is 6.91. The maximum absolute atomic E-state index is 12.2. The maximum atomic E-state index is 12.2. The predicted octanol–water partition coefficient (Wildman–Crippen LogP) is 2.16. The fraction of sp³-hybridized carbons (Fsp3) is 0.368. The van der Waals surface area contributed by atoms with Crippen LogP contribution in [0, 0.1) is 0 Å². The molecule has 1 atom stereocenters. The predicted molar refractivity (Wildman–Crippen MR) is 99.8 cm³/mol. The highest BCUT2D eigenvalue weighted by Crippen LogP contribution is 2.19. The first-order chi connectivity index (χ1) is 12.0. The van der Waals surface area contributed by atoms with E-state index in [1.54, 1.807) is 0 Å². The van der Waals surface area contributed by atoms with Crippen molar-refractivity contribution in [1.82, 2.24) is 10.2 Å². The van der Waals surface area contributed by atoms with Crippen LogP contribution in [-0.2, 0) is 9.59 Å².